The number of benzene rings is 2. The van der Waals surface area contributed by atoms with Crippen LogP contribution in [-0.2, 0) is 28.4 Å². The van der Waals surface area contributed by atoms with Crippen LogP contribution in [0.4, 0.5) is 10.3 Å². The Morgan fingerprint density at radius 3 is 2.39 bits per heavy atom. The van der Waals surface area contributed by atoms with Crippen molar-refractivity contribution in [3.63, 3.8) is 0 Å². The van der Waals surface area contributed by atoms with Crippen LogP contribution in [0.5, 0.6) is 0 Å². The zero-order valence-corrected chi connectivity index (χ0v) is 24.4. The van der Waals surface area contributed by atoms with Gasteiger partial charge in [0.1, 0.15) is 11.6 Å². The molecule has 0 spiro atoms. The fourth-order valence-corrected chi connectivity index (χ4v) is 5.66. The number of hydrogen-bond donors (Lipinski definition) is 1. The maximum atomic E-state index is 15.5. The van der Waals surface area contributed by atoms with Gasteiger partial charge in [0.05, 0.1) is 15.9 Å². The van der Waals surface area contributed by atoms with Crippen LogP contribution in [0.15, 0.2) is 70.6 Å². The van der Waals surface area contributed by atoms with Crippen LogP contribution in [0, 0.1) is 11.7 Å². The average molecular weight is 601 g/mol. The van der Waals surface area contributed by atoms with E-state index in [4.69, 9.17) is 0 Å². The highest BCUT2D eigenvalue weighted by atomic mass is 79.9. The zero-order chi connectivity index (χ0) is 27.7. The van der Waals surface area contributed by atoms with Crippen molar-refractivity contribution in [3.8, 4) is 11.1 Å². The van der Waals surface area contributed by atoms with Gasteiger partial charge in [0, 0.05) is 41.3 Å². The molecule has 0 radical (unpaired) electrons. The molecule has 0 aliphatic heterocycles. The minimum absolute atomic E-state index is 0.0216. The van der Waals surface area contributed by atoms with Crippen molar-refractivity contribution in [1.29, 1.82) is 0 Å². The molecule has 2 aromatic heterocycles. The van der Waals surface area contributed by atoms with E-state index in [-0.39, 0.29) is 16.3 Å². The first-order valence-corrected chi connectivity index (χ1v) is 14.5. The number of nitrogens with zero attached hydrogens (tertiary/aromatic N) is 4. The third-order valence-corrected chi connectivity index (χ3v) is 7.71. The number of sulfonamides is 1. The Bertz CT molecular complexity index is 1540. The van der Waals surface area contributed by atoms with Gasteiger partial charge in [-0.05, 0) is 57.6 Å². The van der Waals surface area contributed by atoms with E-state index in [9.17, 15) is 8.42 Å². The highest BCUT2D eigenvalue weighted by molar-refractivity contribution is 9.10. The molecule has 0 saturated heterocycles. The predicted molar refractivity (Wildman–Crippen MR) is 151 cm³/mol. The molecule has 200 valence electrons. The monoisotopic (exact) mass is 599 g/mol. The lowest BCUT2D eigenvalue weighted by molar-refractivity contribution is 0.505. The molecule has 0 aliphatic rings. The summed E-state index contributed by atoms with van der Waals surface area (Å²) >= 11 is 3.24. The lowest BCUT2D eigenvalue weighted by Crippen LogP contribution is -2.19. The van der Waals surface area contributed by atoms with E-state index >= 15 is 4.39 Å². The Labute approximate surface area is 231 Å². The summed E-state index contributed by atoms with van der Waals surface area (Å²) in [6.07, 6.45) is 7.22. The number of imidazole rings is 1. The first-order valence-electron chi connectivity index (χ1n) is 12.3. The van der Waals surface area contributed by atoms with Crippen LogP contribution in [0.3, 0.4) is 0 Å². The van der Waals surface area contributed by atoms with E-state index in [1.807, 2.05) is 16.8 Å². The van der Waals surface area contributed by atoms with Crippen molar-refractivity contribution >= 4 is 31.9 Å². The number of halogens is 2. The van der Waals surface area contributed by atoms with E-state index < -0.39 is 15.8 Å². The highest BCUT2D eigenvalue weighted by Gasteiger charge is 2.23. The Balaban J connectivity index is 1.74. The third-order valence-electron chi connectivity index (χ3n) is 5.91. The molecule has 4 rings (SSSR count). The Morgan fingerprint density at radius 1 is 1.05 bits per heavy atom. The largest absolute Gasteiger partial charge is 0.330 e. The van der Waals surface area contributed by atoms with Gasteiger partial charge in [0.15, 0.2) is 0 Å². The van der Waals surface area contributed by atoms with Crippen molar-refractivity contribution in [3.05, 3.63) is 88.4 Å². The van der Waals surface area contributed by atoms with Crippen molar-refractivity contribution in [2.75, 3.05) is 4.72 Å². The summed E-state index contributed by atoms with van der Waals surface area (Å²) in [6.45, 7) is 10.7. The van der Waals surface area contributed by atoms with Crippen LogP contribution in [0.2, 0.25) is 0 Å². The summed E-state index contributed by atoms with van der Waals surface area (Å²) in [4.78, 5) is 12.5. The minimum atomic E-state index is -4.06. The van der Waals surface area contributed by atoms with Crippen molar-refractivity contribution in [2.24, 2.45) is 5.92 Å². The summed E-state index contributed by atoms with van der Waals surface area (Å²) in [7, 11) is -4.06. The molecule has 38 heavy (non-hydrogen) atoms. The summed E-state index contributed by atoms with van der Waals surface area (Å²) in [5, 5.41) is 0. The number of rotatable bonds is 8. The molecule has 4 aromatic rings. The van der Waals surface area contributed by atoms with Gasteiger partial charge in [-0.1, -0.05) is 52.8 Å². The predicted octanol–water partition coefficient (Wildman–Crippen LogP) is 6.59. The zero-order valence-electron chi connectivity index (χ0n) is 22.0. The SMILES string of the molecule is CC(C)Cc1ccc(S(=O)(=O)Nc2ncc(Br)cn2)c(-c2ccc(Cn3ccnc3C(C)(C)C)c(F)c2)c1. The smallest absolute Gasteiger partial charge is 0.264 e. The van der Waals surface area contributed by atoms with Gasteiger partial charge in [0.2, 0.25) is 5.95 Å². The van der Waals surface area contributed by atoms with Crippen LogP contribution in [0.1, 0.15) is 51.6 Å². The topological polar surface area (TPSA) is 89.8 Å². The second-order valence-corrected chi connectivity index (χ2v) is 13.3. The molecule has 10 heteroatoms. The molecule has 2 aromatic carbocycles. The van der Waals surface area contributed by atoms with Gasteiger partial charge in [-0.2, -0.15) is 0 Å². The fraction of sp³-hybridized carbons (Fsp3) is 0.321. The third kappa shape index (κ3) is 6.47. The maximum absolute atomic E-state index is 15.5. The van der Waals surface area contributed by atoms with Gasteiger partial charge in [-0.15, -0.1) is 0 Å². The molecule has 2 heterocycles. The minimum Gasteiger partial charge on any atom is -0.330 e. The molecule has 0 bridgehead atoms. The first-order chi connectivity index (χ1) is 17.8. The highest BCUT2D eigenvalue weighted by Crippen LogP contribution is 2.32. The van der Waals surface area contributed by atoms with Crippen molar-refractivity contribution in [2.45, 2.75) is 57.9 Å². The van der Waals surface area contributed by atoms with E-state index in [0.717, 1.165) is 17.8 Å². The molecular formula is C28H31BrFN5O2S. The molecule has 0 saturated carbocycles. The normalized spacial score (nSPS) is 12.2. The maximum Gasteiger partial charge on any atom is 0.264 e. The Kier molecular flexibility index (Phi) is 8.04. The van der Waals surface area contributed by atoms with Crippen molar-refractivity contribution < 1.29 is 12.8 Å². The van der Waals surface area contributed by atoms with Gasteiger partial charge in [-0.3, -0.25) is 0 Å². The first kappa shape index (κ1) is 27.9. The summed E-state index contributed by atoms with van der Waals surface area (Å²) in [5.74, 6) is 0.752. The molecule has 0 atom stereocenters. The summed E-state index contributed by atoms with van der Waals surface area (Å²) < 4.78 is 47.2. The molecule has 0 unspecified atom stereocenters. The van der Waals surface area contributed by atoms with Gasteiger partial charge >= 0.3 is 0 Å². The number of aromatic nitrogens is 4. The average Bonchev–Trinajstić information content (AvgIpc) is 3.30. The Hall–Kier alpha value is -3.11. The van der Waals surface area contributed by atoms with Crippen LogP contribution < -0.4 is 4.72 Å². The lowest BCUT2D eigenvalue weighted by Gasteiger charge is -2.20. The molecule has 0 aliphatic carbocycles. The second-order valence-electron chi connectivity index (χ2n) is 10.7. The molecular weight excluding hydrogens is 569 g/mol. The van der Waals surface area contributed by atoms with Gasteiger partial charge < -0.3 is 4.57 Å². The fourth-order valence-electron chi connectivity index (χ4n) is 4.28. The lowest BCUT2D eigenvalue weighted by atomic mass is 9.95. The van der Waals surface area contributed by atoms with E-state index in [2.05, 4.69) is 70.2 Å². The Morgan fingerprint density at radius 2 is 1.76 bits per heavy atom. The molecule has 0 fully saturated rings. The van der Waals surface area contributed by atoms with Crippen molar-refractivity contribution in [1.82, 2.24) is 19.5 Å². The van der Waals surface area contributed by atoms with E-state index in [1.165, 1.54) is 18.5 Å². The number of hydrogen-bond acceptors (Lipinski definition) is 5. The molecule has 0 amide bonds. The van der Waals surface area contributed by atoms with Crippen LogP contribution in [-0.4, -0.2) is 27.9 Å². The number of nitrogens with one attached hydrogen (secondary N) is 1. The van der Waals surface area contributed by atoms with Gasteiger partial charge in [-0.25, -0.2) is 32.5 Å². The van der Waals surface area contributed by atoms with E-state index in [1.54, 1.807) is 30.5 Å². The summed E-state index contributed by atoms with van der Waals surface area (Å²) in [6, 6.07) is 10.0. The summed E-state index contributed by atoms with van der Waals surface area (Å²) in [5.41, 5.74) is 2.14. The standard InChI is InChI=1S/C28H31BrFN5O2S/c1-18(2)12-19-6-9-25(38(36,37)34-27-32-15-22(29)16-33-27)23(13-19)20-7-8-21(24(30)14-20)17-35-11-10-31-26(35)28(3,4)5/h6-11,13-16,18H,12,17H2,1-5H3,(H,32,33,34). The van der Waals surface area contributed by atoms with Crippen LogP contribution in [0.25, 0.3) is 11.1 Å². The molecule has 7 nitrogen and oxygen atoms in total. The van der Waals surface area contributed by atoms with Crippen LogP contribution >= 0.6 is 15.9 Å². The molecule has 1 N–H and O–H groups in total. The van der Waals surface area contributed by atoms with E-state index in [0.29, 0.717) is 33.6 Å². The second kappa shape index (κ2) is 10.9. The number of anilines is 1. The van der Waals surface area contributed by atoms with Gasteiger partial charge in [0.25, 0.3) is 10.0 Å². The quantitative estimate of drug-likeness (QED) is 0.247.